The van der Waals surface area contributed by atoms with Gasteiger partial charge in [-0.05, 0) is 49.9 Å². The SMILES string of the molecule is CCC1(CO)CCN(Cc2csc(-c3ccccn3)n2)CC1. The van der Waals surface area contributed by atoms with Crippen molar-refractivity contribution in [2.75, 3.05) is 19.7 Å². The minimum atomic E-state index is 0.150. The summed E-state index contributed by atoms with van der Waals surface area (Å²) in [5.74, 6) is 0. The summed E-state index contributed by atoms with van der Waals surface area (Å²) in [4.78, 5) is 11.5. The first-order chi connectivity index (χ1) is 10.7. The molecule has 22 heavy (non-hydrogen) atoms. The van der Waals surface area contributed by atoms with Gasteiger partial charge in [-0.3, -0.25) is 9.88 Å². The highest BCUT2D eigenvalue weighted by atomic mass is 32.1. The molecule has 4 nitrogen and oxygen atoms in total. The van der Waals surface area contributed by atoms with Gasteiger partial charge in [-0.15, -0.1) is 11.3 Å². The minimum absolute atomic E-state index is 0.150. The topological polar surface area (TPSA) is 49.2 Å². The first kappa shape index (κ1) is 15.6. The predicted octanol–water partition coefficient (Wildman–Crippen LogP) is 3.19. The lowest BCUT2D eigenvalue weighted by Gasteiger charge is -2.40. The van der Waals surface area contributed by atoms with Crippen LogP contribution in [-0.2, 0) is 6.54 Å². The molecule has 0 aliphatic carbocycles. The maximum absolute atomic E-state index is 9.61. The van der Waals surface area contributed by atoms with Crippen LogP contribution in [0.3, 0.4) is 0 Å². The summed E-state index contributed by atoms with van der Waals surface area (Å²) in [5.41, 5.74) is 2.22. The maximum Gasteiger partial charge on any atom is 0.142 e. The average molecular weight is 317 g/mol. The lowest BCUT2D eigenvalue weighted by Crippen LogP contribution is -2.41. The van der Waals surface area contributed by atoms with Crippen molar-refractivity contribution in [1.82, 2.24) is 14.9 Å². The summed E-state index contributed by atoms with van der Waals surface area (Å²) in [5, 5.41) is 12.7. The highest BCUT2D eigenvalue weighted by Crippen LogP contribution is 2.34. The molecule has 1 N–H and O–H groups in total. The van der Waals surface area contributed by atoms with Crippen LogP contribution in [0.15, 0.2) is 29.8 Å². The van der Waals surface area contributed by atoms with Gasteiger partial charge in [0, 0.05) is 24.7 Å². The molecular formula is C17H23N3OS. The Morgan fingerprint density at radius 1 is 1.32 bits per heavy atom. The van der Waals surface area contributed by atoms with Crippen molar-refractivity contribution in [3.05, 3.63) is 35.5 Å². The van der Waals surface area contributed by atoms with E-state index in [0.29, 0.717) is 6.61 Å². The monoisotopic (exact) mass is 317 g/mol. The summed E-state index contributed by atoms with van der Waals surface area (Å²) in [6, 6.07) is 5.92. The highest BCUT2D eigenvalue weighted by molar-refractivity contribution is 7.13. The van der Waals surface area contributed by atoms with Crippen molar-refractivity contribution < 1.29 is 5.11 Å². The van der Waals surface area contributed by atoms with E-state index in [2.05, 4.69) is 22.2 Å². The van der Waals surface area contributed by atoms with E-state index in [-0.39, 0.29) is 5.41 Å². The third-order valence-corrected chi connectivity index (χ3v) is 5.74. The summed E-state index contributed by atoms with van der Waals surface area (Å²) >= 11 is 1.66. The van der Waals surface area contributed by atoms with E-state index < -0.39 is 0 Å². The zero-order chi connectivity index (χ0) is 15.4. The highest BCUT2D eigenvalue weighted by Gasteiger charge is 2.32. The van der Waals surface area contributed by atoms with Crippen LogP contribution in [0.25, 0.3) is 10.7 Å². The Labute approximate surface area is 135 Å². The molecule has 0 bridgehead atoms. The van der Waals surface area contributed by atoms with Gasteiger partial charge in [0.05, 0.1) is 11.4 Å². The third-order valence-electron chi connectivity index (χ3n) is 4.82. The Morgan fingerprint density at radius 2 is 2.14 bits per heavy atom. The van der Waals surface area contributed by atoms with Crippen molar-refractivity contribution in [3.8, 4) is 10.7 Å². The fourth-order valence-corrected chi connectivity index (χ4v) is 3.81. The van der Waals surface area contributed by atoms with Crippen LogP contribution in [0.5, 0.6) is 0 Å². The number of aromatic nitrogens is 2. The molecule has 0 unspecified atom stereocenters. The summed E-state index contributed by atoms with van der Waals surface area (Å²) in [6.07, 6.45) is 5.03. The number of pyridine rings is 1. The quantitative estimate of drug-likeness (QED) is 0.920. The van der Waals surface area contributed by atoms with Crippen LogP contribution < -0.4 is 0 Å². The molecule has 0 saturated carbocycles. The number of nitrogens with zero attached hydrogens (tertiary/aromatic N) is 3. The van der Waals surface area contributed by atoms with Gasteiger partial charge >= 0.3 is 0 Å². The Bertz CT molecular complexity index is 585. The lowest BCUT2D eigenvalue weighted by atomic mass is 9.77. The molecular weight excluding hydrogens is 294 g/mol. The van der Waals surface area contributed by atoms with Crippen molar-refractivity contribution in [2.24, 2.45) is 5.41 Å². The number of aliphatic hydroxyl groups is 1. The molecule has 0 radical (unpaired) electrons. The van der Waals surface area contributed by atoms with E-state index in [0.717, 1.165) is 55.3 Å². The number of rotatable bonds is 5. The standard InChI is InChI=1S/C17H23N3OS/c1-2-17(13-21)6-9-20(10-7-17)11-14-12-22-16(19-14)15-5-3-4-8-18-15/h3-5,8,12,21H,2,6-7,9-11,13H2,1H3. The molecule has 1 aliphatic rings. The first-order valence-corrected chi connectivity index (χ1v) is 8.82. The molecule has 5 heteroatoms. The summed E-state index contributed by atoms with van der Waals surface area (Å²) in [6.45, 7) is 5.49. The number of piperidine rings is 1. The smallest absolute Gasteiger partial charge is 0.142 e. The largest absolute Gasteiger partial charge is 0.396 e. The van der Waals surface area contributed by atoms with E-state index in [1.54, 1.807) is 17.5 Å². The fraction of sp³-hybridized carbons (Fsp3) is 0.529. The first-order valence-electron chi connectivity index (χ1n) is 7.94. The normalized spacial score (nSPS) is 18.5. The number of hydrogen-bond acceptors (Lipinski definition) is 5. The van der Waals surface area contributed by atoms with Crippen LogP contribution in [0.1, 0.15) is 31.9 Å². The molecule has 2 aromatic heterocycles. The van der Waals surface area contributed by atoms with Crippen LogP contribution in [0.2, 0.25) is 0 Å². The van der Waals surface area contributed by atoms with Crippen LogP contribution in [-0.4, -0.2) is 39.7 Å². The lowest BCUT2D eigenvalue weighted by molar-refractivity contribution is 0.0379. The molecule has 3 heterocycles. The molecule has 1 aliphatic heterocycles. The van der Waals surface area contributed by atoms with E-state index >= 15 is 0 Å². The molecule has 3 rings (SSSR count). The van der Waals surface area contributed by atoms with Gasteiger partial charge in [0.1, 0.15) is 5.01 Å². The fourth-order valence-electron chi connectivity index (χ4n) is 3.02. The van der Waals surface area contributed by atoms with Crippen molar-refractivity contribution in [1.29, 1.82) is 0 Å². The van der Waals surface area contributed by atoms with Crippen LogP contribution in [0.4, 0.5) is 0 Å². The van der Waals surface area contributed by atoms with Crippen LogP contribution in [0, 0.1) is 5.41 Å². The number of aliphatic hydroxyl groups excluding tert-OH is 1. The Morgan fingerprint density at radius 3 is 2.77 bits per heavy atom. The maximum atomic E-state index is 9.61. The molecule has 0 amide bonds. The average Bonchev–Trinajstić information content (AvgIpc) is 3.05. The van der Waals surface area contributed by atoms with Crippen LogP contribution >= 0.6 is 11.3 Å². The van der Waals surface area contributed by atoms with E-state index in [1.807, 2.05) is 18.2 Å². The zero-order valence-electron chi connectivity index (χ0n) is 13.0. The van der Waals surface area contributed by atoms with Crippen molar-refractivity contribution in [3.63, 3.8) is 0 Å². The molecule has 2 aromatic rings. The third kappa shape index (κ3) is 3.37. The number of likely N-dealkylation sites (tertiary alicyclic amines) is 1. The van der Waals surface area contributed by atoms with Crippen molar-refractivity contribution >= 4 is 11.3 Å². The second kappa shape index (κ2) is 6.86. The summed E-state index contributed by atoms with van der Waals surface area (Å²) in [7, 11) is 0. The van der Waals surface area contributed by atoms with Gasteiger partial charge in [0.25, 0.3) is 0 Å². The molecule has 118 valence electrons. The Balaban J connectivity index is 1.60. The van der Waals surface area contributed by atoms with Gasteiger partial charge in [-0.2, -0.15) is 0 Å². The zero-order valence-corrected chi connectivity index (χ0v) is 13.9. The van der Waals surface area contributed by atoms with Gasteiger partial charge in [-0.25, -0.2) is 4.98 Å². The van der Waals surface area contributed by atoms with E-state index in [1.165, 1.54) is 0 Å². The predicted molar refractivity (Wildman–Crippen MR) is 89.7 cm³/mol. The van der Waals surface area contributed by atoms with E-state index in [4.69, 9.17) is 4.98 Å². The second-order valence-electron chi connectivity index (χ2n) is 6.15. The molecule has 1 fully saturated rings. The molecule has 1 saturated heterocycles. The molecule has 0 atom stereocenters. The van der Waals surface area contributed by atoms with Crippen molar-refractivity contribution in [2.45, 2.75) is 32.7 Å². The number of hydrogen-bond donors (Lipinski definition) is 1. The van der Waals surface area contributed by atoms with E-state index in [9.17, 15) is 5.11 Å². The Kier molecular flexibility index (Phi) is 4.86. The van der Waals surface area contributed by atoms with Gasteiger partial charge < -0.3 is 5.11 Å². The van der Waals surface area contributed by atoms with Gasteiger partial charge in [-0.1, -0.05) is 13.0 Å². The number of thiazole rings is 1. The minimum Gasteiger partial charge on any atom is -0.396 e. The molecule has 0 aromatic carbocycles. The van der Waals surface area contributed by atoms with Gasteiger partial charge in [0.2, 0.25) is 0 Å². The summed E-state index contributed by atoms with van der Waals surface area (Å²) < 4.78 is 0. The Hall–Kier alpha value is -1.30. The second-order valence-corrected chi connectivity index (χ2v) is 7.00. The van der Waals surface area contributed by atoms with Gasteiger partial charge in [0.15, 0.2) is 0 Å². The molecule has 0 spiro atoms.